The Kier molecular flexibility index (Phi) is 7.07. The first-order valence-electron chi connectivity index (χ1n) is 12.0. The average Bonchev–Trinajstić information content (AvgIpc) is 2.93. The molecule has 1 aromatic heterocycles. The van der Waals surface area contributed by atoms with Gasteiger partial charge in [0.25, 0.3) is 5.91 Å². The van der Waals surface area contributed by atoms with E-state index in [2.05, 4.69) is 25.7 Å². The Hall–Kier alpha value is -3.07. The van der Waals surface area contributed by atoms with E-state index in [9.17, 15) is 28.3 Å². The molecule has 0 bridgehead atoms. The number of hydrogen-bond acceptors (Lipinski definition) is 5. The van der Waals surface area contributed by atoms with Gasteiger partial charge in [-0.2, -0.15) is 0 Å². The zero-order chi connectivity index (χ0) is 25.4. The Labute approximate surface area is 203 Å². The number of aromatic hydroxyl groups is 1. The van der Waals surface area contributed by atoms with Gasteiger partial charge in [-0.25, -0.2) is 8.78 Å². The molecule has 3 heterocycles. The number of benzene rings is 1. The number of aryl methyl sites for hydroxylation is 1. The summed E-state index contributed by atoms with van der Waals surface area (Å²) in [7, 11) is 0. The van der Waals surface area contributed by atoms with Gasteiger partial charge in [0.2, 0.25) is 5.43 Å². The highest BCUT2D eigenvalue weighted by Crippen LogP contribution is 2.29. The second-order valence-electron chi connectivity index (χ2n) is 10.1. The van der Waals surface area contributed by atoms with Crippen molar-refractivity contribution in [3.63, 3.8) is 0 Å². The lowest BCUT2D eigenvalue weighted by molar-refractivity contribution is 0.0170. The van der Waals surface area contributed by atoms with Crippen molar-refractivity contribution in [1.82, 2.24) is 14.4 Å². The van der Waals surface area contributed by atoms with E-state index in [0.29, 0.717) is 24.9 Å². The van der Waals surface area contributed by atoms with Crippen molar-refractivity contribution < 1.29 is 23.5 Å². The molecule has 1 N–H and O–H groups in total. The lowest BCUT2D eigenvalue weighted by Crippen LogP contribution is -2.57. The smallest absolute Gasteiger partial charge is 0.275 e. The number of fused-ring (bicyclic) bond motifs is 2. The summed E-state index contributed by atoms with van der Waals surface area (Å²) in [5, 5.41) is 10.7. The van der Waals surface area contributed by atoms with Crippen molar-refractivity contribution in [3.05, 3.63) is 63.1 Å². The van der Waals surface area contributed by atoms with E-state index in [-0.39, 0.29) is 35.8 Å². The Bertz CT molecular complexity index is 1210. The van der Waals surface area contributed by atoms with E-state index in [1.165, 1.54) is 16.8 Å². The van der Waals surface area contributed by atoms with Gasteiger partial charge in [0.15, 0.2) is 17.2 Å². The maximum absolute atomic E-state index is 14.0. The van der Waals surface area contributed by atoms with Gasteiger partial charge < -0.3 is 14.6 Å². The Balaban J connectivity index is 1.65. The van der Waals surface area contributed by atoms with Crippen LogP contribution in [-0.2, 0) is 13.0 Å². The Morgan fingerprint density at radius 3 is 2.63 bits per heavy atom. The molecule has 1 unspecified atom stereocenters. The van der Waals surface area contributed by atoms with Gasteiger partial charge in [-0.05, 0) is 36.3 Å². The maximum Gasteiger partial charge on any atom is 0.275 e. The van der Waals surface area contributed by atoms with Gasteiger partial charge in [-0.3, -0.25) is 19.3 Å². The van der Waals surface area contributed by atoms with Crippen LogP contribution in [0.1, 0.15) is 60.0 Å². The highest BCUT2D eigenvalue weighted by Gasteiger charge is 2.40. The fourth-order valence-corrected chi connectivity index (χ4v) is 5.07. The number of hydrogen-bond donors (Lipinski definition) is 1. The van der Waals surface area contributed by atoms with E-state index in [0.717, 1.165) is 31.6 Å². The molecule has 1 amide bonds. The lowest BCUT2D eigenvalue weighted by Gasteiger charge is -2.42. The molecule has 0 saturated carbocycles. The summed E-state index contributed by atoms with van der Waals surface area (Å²) < 4.78 is 28.6. The lowest BCUT2D eigenvalue weighted by atomic mass is 10.0. The van der Waals surface area contributed by atoms with Crippen LogP contribution < -0.4 is 5.43 Å². The Morgan fingerprint density at radius 1 is 1.20 bits per heavy atom. The minimum Gasteiger partial charge on any atom is -0.503 e. The molecule has 7 nitrogen and oxygen atoms in total. The van der Waals surface area contributed by atoms with E-state index >= 15 is 0 Å². The molecule has 1 fully saturated rings. The fraction of sp³-hybridized carbons (Fsp3) is 0.500. The van der Waals surface area contributed by atoms with E-state index in [4.69, 9.17) is 0 Å². The van der Waals surface area contributed by atoms with Gasteiger partial charge >= 0.3 is 0 Å². The first-order valence-corrected chi connectivity index (χ1v) is 12.0. The first kappa shape index (κ1) is 25.0. The second kappa shape index (κ2) is 9.89. The van der Waals surface area contributed by atoms with Crippen molar-refractivity contribution in [2.75, 3.05) is 19.6 Å². The summed E-state index contributed by atoms with van der Waals surface area (Å²) in [5.74, 6) is -2.45. The normalized spacial score (nSPS) is 20.5. The number of pyridine rings is 1. The number of halogens is 2. The zero-order valence-electron chi connectivity index (χ0n) is 20.3. The van der Waals surface area contributed by atoms with Crippen LogP contribution in [0.25, 0.3) is 0 Å². The number of Topliss-reactive ketones (excluding diaryl/α,β-unsaturated/α-hetero) is 1. The van der Waals surface area contributed by atoms with Crippen molar-refractivity contribution in [1.29, 1.82) is 0 Å². The predicted molar refractivity (Wildman–Crippen MR) is 126 cm³/mol. The largest absolute Gasteiger partial charge is 0.503 e. The van der Waals surface area contributed by atoms with Crippen LogP contribution in [-0.4, -0.2) is 57.0 Å². The summed E-state index contributed by atoms with van der Waals surface area (Å²) in [4.78, 5) is 43.1. The molecule has 2 aromatic rings. The standard InChI is InChI=1S/C26H31F2N3O4/c1-15(2)11-29-12-16(3)8-9-31-22(29)14-30-13-19(24(33)25(34)23(30)26(31)35)21(32)7-5-17-4-6-18(27)10-20(17)28/h4,6,10,13,15-16,22,34H,5,7-9,11-12,14H2,1-3H3/t16-,22?/m1/s1. The number of amides is 1. The van der Waals surface area contributed by atoms with Gasteiger partial charge in [0, 0.05) is 38.3 Å². The molecule has 2 atom stereocenters. The molecule has 1 saturated heterocycles. The monoisotopic (exact) mass is 487 g/mol. The van der Waals surface area contributed by atoms with Gasteiger partial charge in [-0.1, -0.05) is 26.8 Å². The quantitative estimate of drug-likeness (QED) is 0.632. The summed E-state index contributed by atoms with van der Waals surface area (Å²) >= 11 is 0. The molecule has 0 radical (unpaired) electrons. The SMILES string of the molecule is CC(C)CN1C[C@H](C)CCN2C(=O)c3c(O)c(=O)c(C(=O)CCc4ccc(F)cc4F)cn3CC12. The fourth-order valence-electron chi connectivity index (χ4n) is 5.07. The maximum atomic E-state index is 14.0. The van der Waals surface area contributed by atoms with Crippen LogP contribution in [0.3, 0.4) is 0 Å². The van der Waals surface area contributed by atoms with Crippen molar-refractivity contribution in [3.8, 4) is 5.75 Å². The number of carbonyl (C=O) groups is 2. The molecule has 0 spiro atoms. The summed E-state index contributed by atoms with van der Waals surface area (Å²) in [6.45, 7) is 8.82. The zero-order valence-corrected chi connectivity index (χ0v) is 20.3. The molecular weight excluding hydrogens is 456 g/mol. The molecule has 2 aliphatic rings. The van der Waals surface area contributed by atoms with Crippen LogP contribution in [0.2, 0.25) is 0 Å². The molecule has 4 rings (SSSR count). The van der Waals surface area contributed by atoms with Crippen molar-refractivity contribution >= 4 is 11.7 Å². The van der Waals surface area contributed by atoms with Crippen LogP contribution >= 0.6 is 0 Å². The molecule has 1 aromatic carbocycles. The minimum absolute atomic E-state index is 0.0255. The molecule has 188 valence electrons. The van der Waals surface area contributed by atoms with Crippen LogP contribution in [0.5, 0.6) is 5.75 Å². The van der Waals surface area contributed by atoms with E-state index in [1.54, 1.807) is 4.90 Å². The number of rotatable bonds is 6. The Morgan fingerprint density at radius 2 is 1.94 bits per heavy atom. The average molecular weight is 488 g/mol. The third-order valence-electron chi connectivity index (χ3n) is 6.81. The topological polar surface area (TPSA) is 82.8 Å². The molecule has 9 heteroatoms. The minimum atomic E-state index is -0.908. The van der Waals surface area contributed by atoms with Crippen molar-refractivity contribution in [2.24, 2.45) is 11.8 Å². The third kappa shape index (κ3) is 5.00. The molecule has 2 aliphatic heterocycles. The number of aromatic nitrogens is 1. The van der Waals surface area contributed by atoms with Crippen LogP contribution in [0.4, 0.5) is 8.78 Å². The van der Waals surface area contributed by atoms with Gasteiger partial charge in [0.1, 0.15) is 17.8 Å². The molecule has 35 heavy (non-hydrogen) atoms. The van der Waals surface area contributed by atoms with E-state index in [1.807, 2.05) is 0 Å². The highest BCUT2D eigenvalue weighted by molar-refractivity contribution is 6.00. The number of carbonyl (C=O) groups excluding carboxylic acids is 2. The van der Waals surface area contributed by atoms with Gasteiger partial charge in [-0.15, -0.1) is 0 Å². The van der Waals surface area contributed by atoms with E-state index < -0.39 is 34.5 Å². The molecular formula is C26H31F2N3O4. The third-order valence-corrected chi connectivity index (χ3v) is 6.81. The highest BCUT2D eigenvalue weighted by atomic mass is 19.1. The second-order valence-corrected chi connectivity index (χ2v) is 10.1. The molecule has 0 aliphatic carbocycles. The predicted octanol–water partition coefficient (Wildman–Crippen LogP) is 3.43. The number of nitrogens with zero attached hydrogens (tertiary/aromatic N) is 3. The summed E-state index contributed by atoms with van der Waals surface area (Å²) in [6.07, 6.45) is 1.69. The van der Waals surface area contributed by atoms with Gasteiger partial charge in [0.05, 0.1) is 12.1 Å². The summed E-state index contributed by atoms with van der Waals surface area (Å²) in [6, 6.07) is 3.11. The number of ketones is 1. The first-order chi connectivity index (χ1) is 16.6. The van der Waals surface area contributed by atoms with Crippen molar-refractivity contribution in [2.45, 2.75) is 52.7 Å². The van der Waals surface area contributed by atoms with Crippen LogP contribution in [0.15, 0.2) is 29.2 Å². The summed E-state index contributed by atoms with van der Waals surface area (Å²) in [5.41, 5.74) is -1.10. The van der Waals surface area contributed by atoms with Crippen LogP contribution in [0, 0.1) is 23.5 Å².